The van der Waals surface area contributed by atoms with E-state index in [1.165, 1.54) is 24.7 Å². The van der Waals surface area contributed by atoms with Crippen molar-refractivity contribution in [3.05, 3.63) is 11.6 Å². The van der Waals surface area contributed by atoms with Gasteiger partial charge in [-0.2, -0.15) is 0 Å². The molecule has 0 N–H and O–H groups in total. The fourth-order valence-corrected chi connectivity index (χ4v) is 7.13. The highest BCUT2D eigenvalue weighted by atomic mass is 16.2. The molecule has 4 rings (SSSR count). The molecule has 3 nitrogen and oxygen atoms in total. The molecule has 4 aliphatic rings. The van der Waals surface area contributed by atoms with Gasteiger partial charge < -0.3 is 4.79 Å². The topological polar surface area (TPSA) is 51.2 Å². The molecule has 0 bridgehead atoms. The van der Waals surface area contributed by atoms with Crippen LogP contribution in [0.2, 0.25) is 0 Å². The summed E-state index contributed by atoms with van der Waals surface area (Å²) in [5.41, 5.74) is 0.951. The zero-order chi connectivity index (χ0) is 17.1. The summed E-state index contributed by atoms with van der Waals surface area (Å²) in [6.07, 6.45) is 10.8. The third kappa shape index (κ3) is 1.93. The molecule has 0 heterocycles. The standard InChI is InChI=1S/C21H28O3/c1-3-13-5-7-17-15-6-4-14-10-18(23)19(24)11-20(14,2)16(15)8-9-21(13,17)12-22/h10,12-13,15-17H,3-9,11H2,1-2H3/t13-,15+,16-,17-,20-,21-/m0/s1. The highest BCUT2D eigenvalue weighted by molar-refractivity contribution is 6.42. The van der Waals surface area contributed by atoms with Crippen LogP contribution in [0.3, 0.4) is 0 Å². The van der Waals surface area contributed by atoms with Crippen LogP contribution in [-0.2, 0) is 14.4 Å². The number of carbonyl (C=O) groups excluding carboxylic acids is 3. The molecule has 0 aromatic heterocycles. The summed E-state index contributed by atoms with van der Waals surface area (Å²) in [6, 6.07) is 0. The Balaban J connectivity index is 1.71. The molecule has 0 amide bonds. The molecular weight excluding hydrogens is 300 g/mol. The first-order valence-corrected chi connectivity index (χ1v) is 9.71. The molecule has 24 heavy (non-hydrogen) atoms. The Morgan fingerprint density at radius 2 is 1.96 bits per heavy atom. The Morgan fingerprint density at radius 1 is 1.17 bits per heavy atom. The van der Waals surface area contributed by atoms with Crippen molar-refractivity contribution < 1.29 is 14.4 Å². The van der Waals surface area contributed by atoms with E-state index >= 15 is 0 Å². The second-order valence-corrected chi connectivity index (χ2v) is 8.92. The Labute approximate surface area is 144 Å². The van der Waals surface area contributed by atoms with Gasteiger partial charge in [0.25, 0.3) is 0 Å². The zero-order valence-electron chi connectivity index (χ0n) is 14.8. The van der Waals surface area contributed by atoms with E-state index in [1.54, 1.807) is 6.08 Å². The van der Waals surface area contributed by atoms with Crippen molar-refractivity contribution in [3.8, 4) is 0 Å². The highest BCUT2D eigenvalue weighted by Crippen LogP contribution is 2.66. The van der Waals surface area contributed by atoms with Crippen LogP contribution in [0.1, 0.15) is 65.2 Å². The van der Waals surface area contributed by atoms with Gasteiger partial charge in [-0.25, -0.2) is 0 Å². The average Bonchev–Trinajstić information content (AvgIpc) is 2.95. The van der Waals surface area contributed by atoms with Gasteiger partial charge in [0.05, 0.1) is 0 Å². The van der Waals surface area contributed by atoms with Gasteiger partial charge in [-0.05, 0) is 73.7 Å². The smallest absolute Gasteiger partial charge is 0.221 e. The number of ketones is 2. The first-order chi connectivity index (χ1) is 11.5. The molecule has 0 radical (unpaired) electrons. The van der Waals surface area contributed by atoms with Gasteiger partial charge in [0.15, 0.2) is 0 Å². The second-order valence-electron chi connectivity index (χ2n) is 8.92. The van der Waals surface area contributed by atoms with Gasteiger partial charge in [-0.3, -0.25) is 9.59 Å². The van der Waals surface area contributed by atoms with Crippen molar-refractivity contribution in [2.75, 3.05) is 0 Å². The summed E-state index contributed by atoms with van der Waals surface area (Å²) in [5.74, 6) is 1.52. The Morgan fingerprint density at radius 3 is 2.67 bits per heavy atom. The van der Waals surface area contributed by atoms with Crippen molar-refractivity contribution in [2.45, 2.75) is 65.2 Å². The SMILES string of the molecule is CC[C@H]1CC[C@H]2[C@@H]3CCC4=CC(=O)C(=O)C[C@]4(C)[C@H]3CC[C@]12C=O. The molecule has 0 unspecified atom stereocenters. The Kier molecular flexibility index (Phi) is 3.63. The largest absolute Gasteiger partial charge is 0.303 e. The molecule has 6 atom stereocenters. The average molecular weight is 328 g/mol. The number of hydrogen-bond acceptors (Lipinski definition) is 3. The fourth-order valence-electron chi connectivity index (χ4n) is 7.13. The van der Waals surface area contributed by atoms with Gasteiger partial charge in [-0.1, -0.05) is 25.8 Å². The zero-order valence-corrected chi connectivity index (χ0v) is 14.8. The van der Waals surface area contributed by atoms with Crippen LogP contribution < -0.4 is 0 Å². The van der Waals surface area contributed by atoms with E-state index in [0.29, 0.717) is 30.1 Å². The van der Waals surface area contributed by atoms with Gasteiger partial charge in [0.2, 0.25) is 11.6 Å². The molecule has 0 aromatic rings. The molecule has 130 valence electrons. The summed E-state index contributed by atoms with van der Waals surface area (Å²) in [4.78, 5) is 36.1. The predicted octanol–water partition coefficient (Wildman–Crippen LogP) is 3.90. The summed E-state index contributed by atoms with van der Waals surface area (Å²) in [7, 11) is 0. The number of carbonyl (C=O) groups is 3. The van der Waals surface area contributed by atoms with Crippen LogP contribution in [0, 0.1) is 34.5 Å². The number of Topliss-reactive ketones (excluding diaryl/α,β-unsaturated/α-hetero) is 1. The van der Waals surface area contributed by atoms with Gasteiger partial charge in [0, 0.05) is 11.8 Å². The predicted molar refractivity (Wildman–Crippen MR) is 91.3 cm³/mol. The lowest BCUT2D eigenvalue weighted by Crippen LogP contribution is -2.52. The van der Waals surface area contributed by atoms with Crippen LogP contribution in [0.4, 0.5) is 0 Å². The monoisotopic (exact) mass is 328 g/mol. The quantitative estimate of drug-likeness (QED) is 0.570. The van der Waals surface area contributed by atoms with E-state index in [2.05, 4.69) is 13.8 Å². The van der Waals surface area contributed by atoms with E-state index in [4.69, 9.17) is 0 Å². The van der Waals surface area contributed by atoms with Crippen LogP contribution in [-0.4, -0.2) is 17.9 Å². The van der Waals surface area contributed by atoms with Crippen LogP contribution in [0.5, 0.6) is 0 Å². The maximum absolute atomic E-state index is 12.2. The summed E-state index contributed by atoms with van der Waals surface area (Å²) < 4.78 is 0. The number of aldehydes is 1. The van der Waals surface area contributed by atoms with E-state index in [0.717, 1.165) is 32.1 Å². The number of rotatable bonds is 2. The summed E-state index contributed by atoms with van der Waals surface area (Å²) in [6.45, 7) is 4.43. The van der Waals surface area contributed by atoms with Crippen LogP contribution in [0.15, 0.2) is 11.6 Å². The molecule has 4 aliphatic carbocycles. The fraction of sp³-hybridized carbons (Fsp3) is 0.762. The Bertz CT molecular complexity index is 633. The maximum Gasteiger partial charge on any atom is 0.221 e. The van der Waals surface area contributed by atoms with Crippen LogP contribution in [0.25, 0.3) is 0 Å². The molecular formula is C21H28O3. The van der Waals surface area contributed by atoms with Crippen molar-refractivity contribution >= 4 is 17.9 Å². The minimum atomic E-state index is -0.300. The molecule has 0 spiro atoms. The van der Waals surface area contributed by atoms with E-state index < -0.39 is 0 Å². The van der Waals surface area contributed by atoms with Crippen LogP contribution >= 0.6 is 0 Å². The van der Waals surface area contributed by atoms with Crippen molar-refractivity contribution in [1.29, 1.82) is 0 Å². The second kappa shape index (κ2) is 5.37. The Hall–Kier alpha value is -1.25. The number of hydrogen-bond donors (Lipinski definition) is 0. The first-order valence-electron chi connectivity index (χ1n) is 9.71. The van der Waals surface area contributed by atoms with Crippen molar-refractivity contribution in [2.24, 2.45) is 34.5 Å². The molecule has 0 saturated heterocycles. The van der Waals surface area contributed by atoms with E-state index in [1.807, 2.05) is 0 Å². The number of allylic oxidation sites excluding steroid dienone is 1. The number of fused-ring (bicyclic) bond motifs is 5. The normalized spacial score (nSPS) is 47.5. The molecule has 3 heteroatoms. The minimum absolute atomic E-state index is 0.109. The molecule has 3 saturated carbocycles. The van der Waals surface area contributed by atoms with Gasteiger partial charge in [-0.15, -0.1) is 0 Å². The lowest BCUT2D eigenvalue weighted by atomic mass is 9.46. The summed E-state index contributed by atoms with van der Waals surface area (Å²) >= 11 is 0. The maximum atomic E-state index is 12.2. The van der Waals surface area contributed by atoms with E-state index in [9.17, 15) is 14.4 Å². The minimum Gasteiger partial charge on any atom is -0.303 e. The van der Waals surface area contributed by atoms with Gasteiger partial charge in [0.1, 0.15) is 6.29 Å². The molecule has 0 aromatic carbocycles. The van der Waals surface area contributed by atoms with E-state index in [-0.39, 0.29) is 22.4 Å². The highest BCUT2D eigenvalue weighted by Gasteiger charge is 2.60. The lowest BCUT2D eigenvalue weighted by Gasteiger charge is -2.57. The van der Waals surface area contributed by atoms with Crippen molar-refractivity contribution in [3.63, 3.8) is 0 Å². The summed E-state index contributed by atoms with van der Waals surface area (Å²) in [5, 5.41) is 0. The molecule has 0 aliphatic heterocycles. The lowest BCUT2D eigenvalue weighted by molar-refractivity contribution is -0.140. The molecule has 3 fully saturated rings. The first kappa shape index (κ1) is 16.2. The van der Waals surface area contributed by atoms with Gasteiger partial charge >= 0.3 is 0 Å². The third-order valence-corrected chi connectivity index (χ3v) is 8.32. The third-order valence-electron chi connectivity index (χ3n) is 8.32. The van der Waals surface area contributed by atoms with Crippen molar-refractivity contribution in [1.82, 2.24) is 0 Å².